The highest BCUT2D eigenvalue weighted by Gasteiger charge is 2.48. The van der Waals surface area contributed by atoms with E-state index in [1.54, 1.807) is 20.8 Å². The van der Waals surface area contributed by atoms with E-state index in [0.29, 0.717) is 0 Å². The molecule has 0 radical (unpaired) electrons. The summed E-state index contributed by atoms with van der Waals surface area (Å²) in [5.41, 5.74) is -0.628. The van der Waals surface area contributed by atoms with E-state index in [0.717, 1.165) is 0 Å². The Morgan fingerprint density at radius 1 is 1.50 bits per heavy atom. The van der Waals surface area contributed by atoms with Crippen molar-refractivity contribution in [1.29, 1.82) is 0 Å². The molecule has 1 rings (SSSR count). The monoisotopic (exact) mass is 265 g/mol. The van der Waals surface area contributed by atoms with Gasteiger partial charge in [-0.1, -0.05) is 0 Å². The molecule has 2 N–H and O–H groups in total. The van der Waals surface area contributed by atoms with Gasteiger partial charge in [-0.15, -0.1) is 0 Å². The van der Waals surface area contributed by atoms with Gasteiger partial charge >= 0.3 is 6.09 Å². The Bertz CT molecular complexity index is 294. The molecule has 1 aliphatic rings. The number of carbonyl (C=O) groups is 1. The van der Waals surface area contributed by atoms with Gasteiger partial charge in [0.25, 0.3) is 0 Å². The van der Waals surface area contributed by atoms with Crippen LogP contribution < -0.4 is 5.32 Å². The van der Waals surface area contributed by atoms with Crippen molar-refractivity contribution in [3.63, 3.8) is 0 Å². The number of carbonyl (C=O) groups excluding carboxylic acids is 1. The lowest BCUT2D eigenvalue weighted by molar-refractivity contribution is -0.120. The minimum atomic E-state index is -2.63. The summed E-state index contributed by atoms with van der Waals surface area (Å²) in [5.74, 6) is -2.92. The van der Waals surface area contributed by atoms with Crippen molar-refractivity contribution in [3.8, 4) is 0 Å². The van der Waals surface area contributed by atoms with Crippen LogP contribution in [0.4, 0.5) is 13.6 Å². The van der Waals surface area contributed by atoms with Crippen molar-refractivity contribution >= 4 is 6.09 Å². The highest BCUT2D eigenvalue weighted by Crippen LogP contribution is 2.44. The molecule has 0 heterocycles. The standard InChI is InChI=1S/C12H21F2NO3/c1-11(2,3)18-10(17)15-9(4-5-16)8-6-12(13,14)7-8/h8-9,16H,4-7H2,1-3H3,(H,15,17). The molecule has 0 bridgehead atoms. The van der Waals surface area contributed by atoms with Gasteiger partial charge in [0.05, 0.1) is 0 Å². The fraction of sp³-hybridized carbons (Fsp3) is 0.917. The predicted octanol–water partition coefficient (Wildman–Crippen LogP) is 2.31. The zero-order valence-corrected chi connectivity index (χ0v) is 11.0. The van der Waals surface area contributed by atoms with E-state index in [9.17, 15) is 13.6 Å². The summed E-state index contributed by atoms with van der Waals surface area (Å²) >= 11 is 0. The van der Waals surface area contributed by atoms with Crippen molar-refractivity contribution in [2.24, 2.45) is 5.92 Å². The van der Waals surface area contributed by atoms with Crippen LogP contribution in [0, 0.1) is 5.92 Å². The van der Waals surface area contributed by atoms with Crippen LogP contribution in [0.2, 0.25) is 0 Å². The number of halogens is 2. The number of rotatable bonds is 4. The molecule has 1 atom stereocenters. The molecule has 1 unspecified atom stereocenters. The van der Waals surface area contributed by atoms with Gasteiger partial charge in [-0.05, 0) is 33.1 Å². The van der Waals surface area contributed by atoms with Crippen LogP contribution in [0.5, 0.6) is 0 Å². The first kappa shape index (κ1) is 15.1. The highest BCUT2D eigenvalue weighted by molar-refractivity contribution is 5.68. The summed E-state index contributed by atoms with van der Waals surface area (Å²) in [4.78, 5) is 11.5. The SMILES string of the molecule is CC(C)(C)OC(=O)NC(CCO)C1CC(F)(F)C1. The molecule has 1 fully saturated rings. The molecule has 0 spiro atoms. The largest absolute Gasteiger partial charge is 0.444 e. The first-order valence-corrected chi connectivity index (χ1v) is 6.11. The molecule has 1 amide bonds. The Morgan fingerprint density at radius 3 is 2.44 bits per heavy atom. The van der Waals surface area contributed by atoms with Crippen molar-refractivity contribution in [2.75, 3.05) is 6.61 Å². The van der Waals surface area contributed by atoms with Crippen LogP contribution >= 0.6 is 0 Å². The molecule has 0 aromatic carbocycles. The van der Waals surface area contributed by atoms with E-state index in [1.165, 1.54) is 0 Å². The number of hydrogen-bond acceptors (Lipinski definition) is 3. The van der Waals surface area contributed by atoms with E-state index in [1.807, 2.05) is 0 Å². The third-order valence-corrected chi connectivity index (χ3v) is 2.83. The Hall–Kier alpha value is -0.910. The number of alkyl carbamates (subject to hydrolysis) is 1. The van der Waals surface area contributed by atoms with Crippen LogP contribution in [0.25, 0.3) is 0 Å². The Labute approximate surface area is 106 Å². The molecule has 0 aromatic rings. The van der Waals surface area contributed by atoms with Crippen LogP contribution in [-0.4, -0.2) is 35.4 Å². The number of hydrogen-bond donors (Lipinski definition) is 2. The average molecular weight is 265 g/mol. The Balaban J connectivity index is 2.46. The normalized spacial score (nSPS) is 21.0. The maximum absolute atomic E-state index is 12.8. The Morgan fingerprint density at radius 2 is 2.06 bits per heavy atom. The molecule has 0 aliphatic heterocycles. The average Bonchev–Trinajstić information content (AvgIpc) is 2.10. The predicted molar refractivity (Wildman–Crippen MR) is 62.5 cm³/mol. The number of aliphatic hydroxyl groups excluding tert-OH is 1. The Kier molecular flexibility index (Phi) is 4.53. The van der Waals surface area contributed by atoms with Crippen molar-refractivity contribution in [3.05, 3.63) is 0 Å². The summed E-state index contributed by atoms with van der Waals surface area (Å²) in [6.45, 7) is 5.03. The maximum Gasteiger partial charge on any atom is 0.407 e. The van der Waals surface area contributed by atoms with Gasteiger partial charge in [-0.25, -0.2) is 13.6 Å². The number of nitrogens with one attached hydrogen (secondary N) is 1. The highest BCUT2D eigenvalue weighted by atomic mass is 19.3. The molecule has 6 heteroatoms. The van der Waals surface area contributed by atoms with Gasteiger partial charge in [0, 0.05) is 25.5 Å². The topological polar surface area (TPSA) is 58.6 Å². The molecular weight excluding hydrogens is 244 g/mol. The van der Waals surface area contributed by atoms with Gasteiger partial charge in [0.1, 0.15) is 5.60 Å². The van der Waals surface area contributed by atoms with Gasteiger partial charge in [0.2, 0.25) is 5.92 Å². The quantitative estimate of drug-likeness (QED) is 0.820. The van der Waals surface area contributed by atoms with Crippen molar-refractivity contribution < 1.29 is 23.4 Å². The van der Waals surface area contributed by atoms with Crippen LogP contribution in [-0.2, 0) is 4.74 Å². The second-order valence-electron chi connectivity index (χ2n) is 5.79. The number of alkyl halides is 2. The summed E-state index contributed by atoms with van der Waals surface area (Å²) in [7, 11) is 0. The zero-order valence-electron chi connectivity index (χ0n) is 11.0. The fourth-order valence-corrected chi connectivity index (χ4v) is 2.02. The van der Waals surface area contributed by atoms with Crippen LogP contribution in [0.15, 0.2) is 0 Å². The lowest BCUT2D eigenvalue weighted by Crippen LogP contribution is -2.50. The van der Waals surface area contributed by atoms with Gasteiger partial charge in [0.15, 0.2) is 0 Å². The second-order valence-corrected chi connectivity index (χ2v) is 5.79. The summed E-state index contributed by atoms with van der Waals surface area (Å²) in [6, 6.07) is -0.454. The molecular formula is C12H21F2NO3. The van der Waals surface area contributed by atoms with Crippen LogP contribution in [0.3, 0.4) is 0 Å². The van der Waals surface area contributed by atoms with E-state index in [-0.39, 0.29) is 31.8 Å². The van der Waals surface area contributed by atoms with E-state index < -0.39 is 23.7 Å². The maximum atomic E-state index is 12.8. The third kappa shape index (κ3) is 4.76. The first-order valence-electron chi connectivity index (χ1n) is 6.11. The fourth-order valence-electron chi connectivity index (χ4n) is 2.02. The van der Waals surface area contributed by atoms with E-state index in [4.69, 9.17) is 9.84 Å². The van der Waals surface area contributed by atoms with Gasteiger partial charge in [-0.2, -0.15) is 0 Å². The third-order valence-electron chi connectivity index (χ3n) is 2.83. The smallest absolute Gasteiger partial charge is 0.407 e. The summed E-state index contributed by atoms with van der Waals surface area (Å²) in [6.07, 6.45) is -0.850. The van der Waals surface area contributed by atoms with Gasteiger partial charge < -0.3 is 15.2 Å². The molecule has 0 aromatic heterocycles. The molecule has 18 heavy (non-hydrogen) atoms. The zero-order chi connectivity index (χ0) is 14.0. The van der Waals surface area contributed by atoms with E-state index >= 15 is 0 Å². The lowest BCUT2D eigenvalue weighted by atomic mass is 9.75. The lowest BCUT2D eigenvalue weighted by Gasteiger charge is -2.40. The summed E-state index contributed by atoms with van der Waals surface area (Å²) in [5, 5.41) is 11.5. The van der Waals surface area contributed by atoms with Gasteiger partial charge in [-0.3, -0.25) is 0 Å². The molecule has 1 aliphatic carbocycles. The number of aliphatic hydroxyl groups is 1. The van der Waals surface area contributed by atoms with Crippen molar-refractivity contribution in [1.82, 2.24) is 5.32 Å². The van der Waals surface area contributed by atoms with E-state index in [2.05, 4.69) is 5.32 Å². The molecule has 1 saturated carbocycles. The number of amides is 1. The minimum absolute atomic E-state index is 0.150. The molecule has 0 saturated heterocycles. The second kappa shape index (κ2) is 5.38. The van der Waals surface area contributed by atoms with Crippen LogP contribution in [0.1, 0.15) is 40.0 Å². The molecule has 4 nitrogen and oxygen atoms in total. The van der Waals surface area contributed by atoms with Crippen molar-refractivity contribution in [2.45, 2.75) is 57.6 Å². The number of ether oxygens (including phenoxy) is 1. The summed E-state index contributed by atoms with van der Waals surface area (Å²) < 4.78 is 30.6. The minimum Gasteiger partial charge on any atom is -0.444 e. The molecule has 106 valence electrons. The first-order chi connectivity index (χ1) is 8.13.